The van der Waals surface area contributed by atoms with Gasteiger partial charge in [-0.2, -0.15) is 0 Å². The first kappa shape index (κ1) is 14.9. The summed E-state index contributed by atoms with van der Waals surface area (Å²) in [5.41, 5.74) is 4.93. The van der Waals surface area contributed by atoms with Crippen LogP contribution in [-0.2, 0) is 4.79 Å². The number of anilines is 1. The zero-order valence-corrected chi connectivity index (χ0v) is 12.4. The van der Waals surface area contributed by atoms with Gasteiger partial charge in [0, 0.05) is 7.05 Å². The van der Waals surface area contributed by atoms with Gasteiger partial charge in [0.15, 0.2) is 0 Å². The molecule has 2 aromatic rings. The van der Waals surface area contributed by atoms with E-state index < -0.39 is 0 Å². The second kappa shape index (κ2) is 7.33. The van der Waals surface area contributed by atoms with Gasteiger partial charge in [-0.3, -0.25) is 15.2 Å². The molecular weight excluding hydrogens is 264 g/mol. The highest BCUT2D eigenvalue weighted by Gasteiger charge is 2.06. The number of hydrogen-bond donors (Lipinski definition) is 1. The molecule has 0 fully saturated rings. The maximum absolute atomic E-state index is 11.8. The van der Waals surface area contributed by atoms with Crippen LogP contribution in [0.5, 0.6) is 5.75 Å². The third kappa shape index (κ3) is 4.84. The number of amides is 1. The molecule has 0 radical (unpaired) electrons. The third-order valence-electron chi connectivity index (χ3n) is 3.05. The van der Waals surface area contributed by atoms with E-state index in [-0.39, 0.29) is 5.91 Å². The first-order valence-electron chi connectivity index (χ1n) is 6.93. The van der Waals surface area contributed by atoms with Crippen molar-refractivity contribution in [2.75, 3.05) is 18.7 Å². The Labute approximate surface area is 125 Å². The van der Waals surface area contributed by atoms with E-state index in [1.165, 1.54) is 5.56 Å². The Morgan fingerprint density at radius 1 is 1.10 bits per heavy atom. The van der Waals surface area contributed by atoms with E-state index in [4.69, 9.17) is 4.74 Å². The van der Waals surface area contributed by atoms with Gasteiger partial charge in [0.25, 0.3) is 0 Å². The summed E-state index contributed by atoms with van der Waals surface area (Å²) >= 11 is 0. The molecule has 0 unspecified atom stereocenters. The number of hydrogen-bond acceptors (Lipinski definition) is 3. The van der Waals surface area contributed by atoms with Gasteiger partial charge in [-0.1, -0.05) is 35.9 Å². The van der Waals surface area contributed by atoms with E-state index in [0.29, 0.717) is 13.0 Å². The number of ether oxygens (including phenoxy) is 1. The number of nitrogens with zero attached hydrogens (tertiary/aromatic N) is 1. The van der Waals surface area contributed by atoms with Crippen LogP contribution in [0.2, 0.25) is 0 Å². The Bertz CT molecular complexity index is 567. The van der Waals surface area contributed by atoms with Gasteiger partial charge >= 0.3 is 0 Å². The van der Waals surface area contributed by atoms with Gasteiger partial charge in [-0.15, -0.1) is 0 Å². The van der Waals surface area contributed by atoms with Crippen LogP contribution >= 0.6 is 0 Å². The molecular formula is C17H20N2O2. The molecule has 0 spiro atoms. The average Bonchev–Trinajstić information content (AvgIpc) is 2.50. The third-order valence-corrected chi connectivity index (χ3v) is 3.05. The zero-order chi connectivity index (χ0) is 15.1. The number of aryl methyl sites for hydroxylation is 1. The second-order valence-corrected chi connectivity index (χ2v) is 4.84. The lowest BCUT2D eigenvalue weighted by Gasteiger charge is -2.20. The second-order valence-electron chi connectivity index (χ2n) is 4.84. The Morgan fingerprint density at radius 2 is 1.76 bits per heavy atom. The zero-order valence-electron chi connectivity index (χ0n) is 12.4. The maximum Gasteiger partial charge on any atom is 0.241 e. The minimum atomic E-state index is -0.0755. The molecule has 1 N–H and O–H groups in total. The molecule has 110 valence electrons. The number of carbonyl (C=O) groups excluding carboxylic acids is 1. The Balaban J connectivity index is 1.73. The largest absolute Gasteiger partial charge is 0.493 e. The van der Waals surface area contributed by atoms with Crippen LogP contribution in [0.1, 0.15) is 12.0 Å². The lowest BCUT2D eigenvalue weighted by molar-refractivity contribution is -0.121. The van der Waals surface area contributed by atoms with Crippen molar-refractivity contribution in [1.29, 1.82) is 0 Å². The molecule has 0 aliphatic rings. The normalized spacial score (nSPS) is 10.0. The molecule has 4 heteroatoms. The van der Waals surface area contributed by atoms with Crippen molar-refractivity contribution in [2.24, 2.45) is 0 Å². The molecule has 0 aliphatic carbocycles. The van der Waals surface area contributed by atoms with Crippen molar-refractivity contribution in [2.45, 2.75) is 13.3 Å². The summed E-state index contributed by atoms with van der Waals surface area (Å²) in [5.74, 6) is 0.707. The molecule has 0 bridgehead atoms. The van der Waals surface area contributed by atoms with Crippen LogP contribution < -0.4 is 15.2 Å². The van der Waals surface area contributed by atoms with Crippen LogP contribution in [0.15, 0.2) is 54.6 Å². The first-order valence-corrected chi connectivity index (χ1v) is 6.93. The molecule has 0 heterocycles. The van der Waals surface area contributed by atoms with E-state index in [1.807, 2.05) is 68.6 Å². The van der Waals surface area contributed by atoms with Crippen molar-refractivity contribution >= 4 is 11.6 Å². The number of rotatable bonds is 6. The number of benzene rings is 2. The van der Waals surface area contributed by atoms with Gasteiger partial charge in [0.2, 0.25) is 5.91 Å². The van der Waals surface area contributed by atoms with Crippen molar-refractivity contribution < 1.29 is 9.53 Å². The van der Waals surface area contributed by atoms with Gasteiger partial charge in [0.1, 0.15) is 5.75 Å². The molecule has 21 heavy (non-hydrogen) atoms. The van der Waals surface area contributed by atoms with Crippen molar-refractivity contribution in [3.63, 3.8) is 0 Å². The summed E-state index contributed by atoms with van der Waals surface area (Å²) < 4.78 is 5.54. The quantitative estimate of drug-likeness (QED) is 0.829. The molecule has 0 aliphatic heterocycles. The number of para-hydroxylation sites is 1. The summed E-state index contributed by atoms with van der Waals surface area (Å²) in [5, 5.41) is 1.70. The predicted molar refractivity (Wildman–Crippen MR) is 84.3 cm³/mol. The van der Waals surface area contributed by atoms with Crippen molar-refractivity contribution in [3.05, 3.63) is 60.2 Å². The summed E-state index contributed by atoms with van der Waals surface area (Å²) in [6.07, 6.45) is 0.311. The topological polar surface area (TPSA) is 41.6 Å². The number of nitrogens with one attached hydrogen (secondary N) is 1. The van der Waals surface area contributed by atoms with Crippen LogP contribution in [0.3, 0.4) is 0 Å². The van der Waals surface area contributed by atoms with Gasteiger partial charge in [-0.05, 0) is 31.2 Å². The van der Waals surface area contributed by atoms with Gasteiger partial charge in [0.05, 0.1) is 18.7 Å². The van der Waals surface area contributed by atoms with E-state index in [0.717, 1.165) is 11.4 Å². The van der Waals surface area contributed by atoms with Gasteiger partial charge < -0.3 is 4.74 Å². The summed E-state index contributed by atoms with van der Waals surface area (Å²) in [6.45, 7) is 2.38. The fraction of sp³-hybridized carbons (Fsp3) is 0.235. The summed E-state index contributed by atoms with van der Waals surface area (Å²) in [4.78, 5) is 11.8. The Kier molecular flexibility index (Phi) is 5.21. The smallest absolute Gasteiger partial charge is 0.241 e. The predicted octanol–water partition coefficient (Wildman–Crippen LogP) is 2.93. The molecule has 2 rings (SSSR count). The minimum Gasteiger partial charge on any atom is -0.493 e. The molecule has 0 aromatic heterocycles. The lowest BCUT2D eigenvalue weighted by Crippen LogP contribution is -2.39. The monoisotopic (exact) mass is 284 g/mol. The van der Waals surface area contributed by atoms with E-state index in [1.54, 1.807) is 5.01 Å². The van der Waals surface area contributed by atoms with Crippen molar-refractivity contribution in [1.82, 2.24) is 5.43 Å². The van der Waals surface area contributed by atoms with Crippen LogP contribution in [-0.4, -0.2) is 19.6 Å². The highest BCUT2D eigenvalue weighted by Crippen LogP contribution is 2.12. The lowest BCUT2D eigenvalue weighted by atomic mass is 10.2. The first-order chi connectivity index (χ1) is 10.1. The molecule has 4 nitrogen and oxygen atoms in total. The SMILES string of the molecule is Cc1ccc(OCCC(=O)NN(C)c2ccccc2)cc1. The standard InChI is InChI=1S/C17H20N2O2/c1-14-8-10-16(11-9-14)21-13-12-17(20)18-19(2)15-6-4-3-5-7-15/h3-11H,12-13H2,1-2H3,(H,18,20). The molecule has 0 saturated carbocycles. The van der Waals surface area contributed by atoms with E-state index >= 15 is 0 Å². The van der Waals surface area contributed by atoms with Crippen molar-refractivity contribution in [3.8, 4) is 5.75 Å². The fourth-order valence-corrected chi connectivity index (χ4v) is 1.86. The fourth-order valence-electron chi connectivity index (χ4n) is 1.86. The molecule has 0 atom stereocenters. The number of carbonyl (C=O) groups is 1. The summed E-state index contributed by atoms with van der Waals surface area (Å²) in [6, 6.07) is 17.4. The maximum atomic E-state index is 11.8. The number of hydrazine groups is 1. The molecule has 2 aromatic carbocycles. The van der Waals surface area contributed by atoms with E-state index in [2.05, 4.69) is 5.43 Å². The Morgan fingerprint density at radius 3 is 2.43 bits per heavy atom. The minimum absolute atomic E-state index is 0.0755. The van der Waals surface area contributed by atoms with Crippen LogP contribution in [0, 0.1) is 6.92 Å². The van der Waals surface area contributed by atoms with Crippen LogP contribution in [0.4, 0.5) is 5.69 Å². The molecule has 1 amide bonds. The summed E-state index contributed by atoms with van der Waals surface area (Å²) in [7, 11) is 1.81. The highest BCUT2D eigenvalue weighted by atomic mass is 16.5. The average molecular weight is 284 g/mol. The Hall–Kier alpha value is -2.49. The molecule has 0 saturated heterocycles. The van der Waals surface area contributed by atoms with E-state index in [9.17, 15) is 4.79 Å². The van der Waals surface area contributed by atoms with Gasteiger partial charge in [-0.25, -0.2) is 0 Å². The van der Waals surface area contributed by atoms with Crippen LogP contribution in [0.25, 0.3) is 0 Å². The highest BCUT2D eigenvalue weighted by molar-refractivity contribution is 5.77.